The summed E-state index contributed by atoms with van der Waals surface area (Å²) in [6.45, 7) is 3.13. The summed E-state index contributed by atoms with van der Waals surface area (Å²) in [5, 5.41) is 13.4. The van der Waals surface area contributed by atoms with Crippen LogP contribution in [0.15, 0.2) is 48.5 Å². The third kappa shape index (κ3) is 6.39. The van der Waals surface area contributed by atoms with E-state index in [1.165, 1.54) is 24.3 Å². The van der Waals surface area contributed by atoms with Crippen molar-refractivity contribution in [2.24, 2.45) is 0 Å². The van der Waals surface area contributed by atoms with Gasteiger partial charge in [-0.05, 0) is 31.0 Å². The minimum absolute atomic E-state index is 0.0781. The quantitative estimate of drug-likeness (QED) is 0.403. The van der Waals surface area contributed by atoms with E-state index in [1.54, 1.807) is 0 Å². The lowest BCUT2D eigenvalue weighted by Crippen LogP contribution is -2.32. The van der Waals surface area contributed by atoms with Crippen LogP contribution in [0, 0.1) is 17.0 Å². The van der Waals surface area contributed by atoms with Gasteiger partial charge in [0, 0.05) is 12.1 Å². The molecule has 0 aliphatic rings. The maximum Gasteiger partial charge on any atom is 0.344 e. The smallest absolute Gasteiger partial charge is 0.344 e. The van der Waals surface area contributed by atoms with E-state index in [4.69, 9.17) is 9.47 Å². The molecule has 2 aromatic rings. The van der Waals surface area contributed by atoms with Gasteiger partial charge >= 0.3 is 5.97 Å². The Hall–Kier alpha value is -3.42. The van der Waals surface area contributed by atoms with Crippen LogP contribution < -0.4 is 10.1 Å². The number of amides is 1. The van der Waals surface area contributed by atoms with E-state index >= 15 is 0 Å². The monoisotopic (exact) mass is 386 g/mol. The molecule has 0 unspecified atom stereocenters. The molecule has 0 saturated heterocycles. The van der Waals surface area contributed by atoms with Gasteiger partial charge in [-0.25, -0.2) is 4.79 Å². The molecule has 0 bridgehead atoms. The van der Waals surface area contributed by atoms with Gasteiger partial charge < -0.3 is 14.8 Å². The third-order valence-electron chi connectivity index (χ3n) is 3.99. The van der Waals surface area contributed by atoms with Gasteiger partial charge in [-0.15, -0.1) is 0 Å². The summed E-state index contributed by atoms with van der Waals surface area (Å²) in [6, 6.07) is 13.0. The summed E-state index contributed by atoms with van der Waals surface area (Å²) >= 11 is 0. The number of nitro groups is 1. The SMILES string of the molecule is CC[C@@H](NC(=O)COC(=O)COc1ccc([N+](=O)[O-])cc1)c1ccc(C)cc1. The number of nitrogens with zero attached hydrogens (tertiary/aromatic N) is 1. The number of benzene rings is 2. The number of carbonyl (C=O) groups excluding carboxylic acids is 2. The summed E-state index contributed by atoms with van der Waals surface area (Å²) in [5.41, 5.74) is 2.03. The molecule has 2 aromatic carbocycles. The molecule has 0 saturated carbocycles. The lowest BCUT2D eigenvalue weighted by Gasteiger charge is -2.17. The molecule has 28 heavy (non-hydrogen) atoms. The van der Waals surface area contributed by atoms with E-state index < -0.39 is 30.0 Å². The van der Waals surface area contributed by atoms with E-state index in [0.29, 0.717) is 6.42 Å². The lowest BCUT2D eigenvalue weighted by molar-refractivity contribution is -0.384. The van der Waals surface area contributed by atoms with Crippen molar-refractivity contribution in [1.29, 1.82) is 0 Å². The fraction of sp³-hybridized carbons (Fsp3) is 0.300. The minimum atomic E-state index is -0.711. The fourth-order valence-corrected chi connectivity index (χ4v) is 2.45. The summed E-state index contributed by atoms with van der Waals surface area (Å²) < 4.78 is 10.1. The predicted octanol–water partition coefficient (Wildman–Crippen LogP) is 3.09. The van der Waals surface area contributed by atoms with Crippen molar-refractivity contribution in [3.8, 4) is 5.75 Å². The first kappa shape index (κ1) is 20.9. The molecule has 0 aromatic heterocycles. The topological polar surface area (TPSA) is 108 Å². The highest BCUT2D eigenvalue weighted by molar-refractivity contribution is 5.81. The van der Waals surface area contributed by atoms with Crippen LogP contribution in [0.1, 0.15) is 30.5 Å². The number of esters is 1. The van der Waals surface area contributed by atoms with Crippen molar-refractivity contribution >= 4 is 17.6 Å². The number of carbonyl (C=O) groups is 2. The molecule has 8 heteroatoms. The number of nitrogens with one attached hydrogen (secondary N) is 1. The van der Waals surface area contributed by atoms with Crippen LogP contribution in [0.25, 0.3) is 0 Å². The predicted molar refractivity (Wildman–Crippen MR) is 102 cm³/mol. The summed E-state index contributed by atoms with van der Waals surface area (Å²) in [7, 11) is 0. The van der Waals surface area contributed by atoms with Crippen molar-refractivity contribution in [2.75, 3.05) is 13.2 Å². The van der Waals surface area contributed by atoms with Crippen molar-refractivity contribution in [3.63, 3.8) is 0 Å². The Morgan fingerprint density at radius 1 is 1.07 bits per heavy atom. The van der Waals surface area contributed by atoms with Gasteiger partial charge in [-0.2, -0.15) is 0 Å². The van der Waals surface area contributed by atoms with Gasteiger partial charge in [0.15, 0.2) is 13.2 Å². The van der Waals surface area contributed by atoms with Crippen molar-refractivity contribution in [2.45, 2.75) is 26.3 Å². The van der Waals surface area contributed by atoms with Crippen molar-refractivity contribution < 1.29 is 24.0 Å². The number of rotatable bonds is 9. The van der Waals surface area contributed by atoms with Gasteiger partial charge in [0.2, 0.25) is 0 Å². The first-order chi connectivity index (χ1) is 13.4. The summed E-state index contributed by atoms with van der Waals surface area (Å²) in [4.78, 5) is 33.8. The molecule has 0 radical (unpaired) electrons. The molecule has 0 spiro atoms. The summed E-state index contributed by atoms with van der Waals surface area (Å²) in [5.74, 6) is -0.828. The summed E-state index contributed by atoms with van der Waals surface area (Å²) in [6.07, 6.45) is 0.700. The van der Waals surface area contributed by atoms with Gasteiger partial charge in [-0.1, -0.05) is 36.8 Å². The second-order valence-electron chi connectivity index (χ2n) is 6.14. The Morgan fingerprint density at radius 2 is 1.71 bits per heavy atom. The van der Waals surface area contributed by atoms with Gasteiger partial charge in [0.1, 0.15) is 5.75 Å². The van der Waals surface area contributed by atoms with Crippen LogP contribution in [0.2, 0.25) is 0 Å². The molecule has 0 aliphatic carbocycles. The number of aryl methyl sites for hydroxylation is 1. The minimum Gasteiger partial charge on any atom is -0.482 e. The normalized spacial score (nSPS) is 11.4. The second kappa shape index (κ2) is 10.1. The van der Waals surface area contributed by atoms with Crippen LogP contribution in [-0.4, -0.2) is 30.0 Å². The maximum absolute atomic E-state index is 12.0. The van der Waals surface area contributed by atoms with E-state index in [0.717, 1.165) is 11.1 Å². The lowest BCUT2D eigenvalue weighted by atomic mass is 10.0. The molecule has 1 amide bonds. The molecule has 1 N–H and O–H groups in total. The second-order valence-corrected chi connectivity index (χ2v) is 6.14. The first-order valence-electron chi connectivity index (χ1n) is 8.78. The fourth-order valence-electron chi connectivity index (χ4n) is 2.45. The molecule has 148 valence electrons. The Bertz CT molecular complexity index is 818. The van der Waals surface area contributed by atoms with Crippen LogP contribution in [-0.2, 0) is 14.3 Å². The van der Waals surface area contributed by atoms with E-state index in [9.17, 15) is 19.7 Å². The average Bonchev–Trinajstić information content (AvgIpc) is 2.70. The van der Waals surface area contributed by atoms with Crippen LogP contribution in [0.4, 0.5) is 5.69 Å². The highest BCUT2D eigenvalue weighted by atomic mass is 16.6. The number of hydrogen-bond donors (Lipinski definition) is 1. The Balaban J connectivity index is 1.75. The first-order valence-corrected chi connectivity index (χ1v) is 8.78. The Labute approximate surface area is 162 Å². The van der Waals surface area contributed by atoms with E-state index in [2.05, 4.69) is 5.32 Å². The van der Waals surface area contributed by atoms with Crippen molar-refractivity contribution in [3.05, 3.63) is 69.8 Å². The molecule has 0 aliphatic heterocycles. The molecule has 0 fully saturated rings. The van der Waals surface area contributed by atoms with Crippen LogP contribution in [0.5, 0.6) is 5.75 Å². The molecule has 1 atom stereocenters. The number of ether oxygens (including phenoxy) is 2. The maximum atomic E-state index is 12.0. The zero-order valence-corrected chi connectivity index (χ0v) is 15.7. The zero-order valence-electron chi connectivity index (χ0n) is 15.7. The third-order valence-corrected chi connectivity index (χ3v) is 3.99. The van der Waals surface area contributed by atoms with E-state index in [-0.39, 0.29) is 17.5 Å². The average molecular weight is 386 g/mol. The molecular formula is C20H22N2O6. The number of nitro benzene ring substituents is 1. The number of non-ortho nitro benzene ring substituents is 1. The molecule has 8 nitrogen and oxygen atoms in total. The van der Waals surface area contributed by atoms with E-state index in [1.807, 2.05) is 38.1 Å². The van der Waals surface area contributed by atoms with Gasteiger partial charge in [0.25, 0.3) is 11.6 Å². The van der Waals surface area contributed by atoms with Crippen LogP contribution in [0.3, 0.4) is 0 Å². The Kier molecular flexibility index (Phi) is 7.50. The Morgan fingerprint density at radius 3 is 2.29 bits per heavy atom. The van der Waals surface area contributed by atoms with Gasteiger partial charge in [-0.3, -0.25) is 14.9 Å². The van der Waals surface area contributed by atoms with Crippen molar-refractivity contribution in [1.82, 2.24) is 5.32 Å². The highest BCUT2D eigenvalue weighted by Gasteiger charge is 2.15. The largest absolute Gasteiger partial charge is 0.482 e. The van der Waals surface area contributed by atoms with Crippen LogP contribution >= 0.6 is 0 Å². The zero-order chi connectivity index (χ0) is 20.5. The number of hydrogen-bond acceptors (Lipinski definition) is 6. The molecule has 0 heterocycles. The van der Waals surface area contributed by atoms with Gasteiger partial charge in [0.05, 0.1) is 11.0 Å². The highest BCUT2D eigenvalue weighted by Crippen LogP contribution is 2.18. The molecular weight excluding hydrogens is 364 g/mol. The standard InChI is InChI=1S/C20H22N2O6/c1-3-18(15-6-4-14(2)5-7-15)21-19(23)12-28-20(24)13-27-17-10-8-16(9-11-17)22(25)26/h4-11,18H,3,12-13H2,1-2H3,(H,21,23)/t18-/m1/s1. The molecule has 2 rings (SSSR count).